The lowest BCUT2D eigenvalue weighted by molar-refractivity contribution is -0.121. The fourth-order valence-electron chi connectivity index (χ4n) is 1.71. The molecule has 2 heterocycles. The molecule has 1 amide bonds. The molecule has 2 aromatic rings. The van der Waals surface area contributed by atoms with Crippen LogP contribution in [0.15, 0.2) is 36.7 Å². The molecule has 4 nitrogen and oxygen atoms in total. The molecule has 0 spiro atoms. The van der Waals surface area contributed by atoms with E-state index in [-0.39, 0.29) is 12.5 Å². The van der Waals surface area contributed by atoms with Crippen LogP contribution in [0.3, 0.4) is 0 Å². The van der Waals surface area contributed by atoms with Crippen molar-refractivity contribution >= 4 is 28.8 Å². The summed E-state index contributed by atoms with van der Waals surface area (Å²) >= 11 is 7.11. The van der Waals surface area contributed by atoms with Gasteiger partial charge in [-0.15, -0.1) is 11.3 Å². The summed E-state index contributed by atoms with van der Waals surface area (Å²) in [4.78, 5) is 16.4. The van der Waals surface area contributed by atoms with Crippen molar-refractivity contribution in [3.63, 3.8) is 0 Å². The minimum absolute atomic E-state index is 0.0874. The summed E-state index contributed by atoms with van der Waals surface area (Å²) in [7, 11) is 0. The first-order valence-electron chi connectivity index (χ1n) is 6.24. The highest BCUT2D eigenvalue weighted by molar-refractivity contribution is 7.16. The van der Waals surface area contributed by atoms with Crippen molar-refractivity contribution in [3.8, 4) is 0 Å². The van der Waals surface area contributed by atoms with Crippen LogP contribution in [0.4, 0.5) is 0 Å². The van der Waals surface area contributed by atoms with Crippen molar-refractivity contribution in [2.75, 3.05) is 6.54 Å². The number of amides is 1. The van der Waals surface area contributed by atoms with Gasteiger partial charge < -0.3 is 10.4 Å². The summed E-state index contributed by atoms with van der Waals surface area (Å²) in [5.74, 6) is -0.0874. The van der Waals surface area contributed by atoms with Gasteiger partial charge in [0.2, 0.25) is 5.91 Å². The van der Waals surface area contributed by atoms with Gasteiger partial charge in [-0.05, 0) is 30.2 Å². The Morgan fingerprint density at radius 1 is 1.45 bits per heavy atom. The molecule has 20 heavy (non-hydrogen) atoms. The number of aryl methyl sites for hydroxylation is 1. The van der Waals surface area contributed by atoms with Crippen LogP contribution in [0.2, 0.25) is 4.34 Å². The molecule has 0 saturated heterocycles. The first kappa shape index (κ1) is 15.0. The van der Waals surface area contributed by atoms with Crippen LogP contribution < -0.4 is 5.32 Å². The Hall–Kier alpha value is -1.43. The van der Waals surface area contributed by atoms with Crippen LogP contribution in [0.5, 0.6) is 0 Å². The highest BCUT2D eigenvalue weighted by Gasteiger charge is 2.11. The molecule has 0 aliphatic carbocycles. The van der Waals surface area contributed by atoms with Crippen molar-refractivity contribution in [3.05, 3.63) is 51.4 Å². The number of aliphatic hydroxyl groups is 1. The van der Waals surface area contributed by atoms with Gasteiger partial charge in [0.15, 0.2) is 0 Å². The largest absolute Gasteiger partial charge is 0.386 e. The maximum atomic E-state index is 11.7. The second-order valence-electron chi connectivity index (χ2n) is 4.32. The third-order valence-corrected chi connectivity index (χ3v) is 4.11. The van der Waals surface area contributed by atoms with E-state index in [1.54, 1.807) is 24.5 Å². The number of carbonyl (C=O) groups is 1. The molecule has 1 atom stereocenters. The Bertz CT molecular complexity index is 559. The molecule has 0 saturated carbocycles. The van der Waals surface area contributed by atoms with Gasteiger partial charge in [-0.2, -0.15) is 0 Å². The van der Waals surface area contributed by atoms with Crippen LogP contribution in [0.1, 0.15) is 23.0 Å². The van der Waals surface area contributed by atoms with Crippen LogP contribution in [-0.2, 0) is 11.2 Å². The number of nitrogens with one attached hydrogen (secondary N) is 1. The second-order valence-corrected chi connectivity index (χ2v) is 6.07. The first-order valence-corrected chi connectivity index (χ1v) is 7.43. The minimum Gasteiger partial charge on any atom is -0.386 e. The molecule has 0 aliphatic rings. The summed E-state index contributed by atoms with van der Waals surface area (Å²) < 4.78 is 0.627. The van der Waals surface area contributed by atoms with Crippen LogP contribution >= 0.6 is 22.9 Å². The third kappa shape index (κ3) is 4.59. The lowest BCUT2D eigenvalue weighted by atomic mass is 10.1. The Morgan fingerprint density at radius 2 is 2.30 bits per heavy atom. The number of aromatic nitrogens is 1. The summed E-state index contributed by atoms with van der Waals surface area (Å²) in [5, 5.41) is 12.6. The maximum Gasteiger partial charge on any atom is 0.220 e. The highest BCUT2D eigenvalue weighted by atomic mass is 35.5. The Morgan fingerprint density at radius 3 is 2.95 bits per heavy atom. The lowest BCUT2D eigenvalue weighted by Gasteiger charge is -2.10. The van der Waals surface area contributed by atoms with Crippen LogP contribution in [-0.4, -0.2) is 22.5 Å². The average molecular weight is 311 g/mol. The van der Waals surface area contributed by atoms with E-state index in [1.807, 2.05) is 12.1 Å². The topological polar surface area (TPSA) is 62.2 Å². The monoisotopic (exact) mass is 310 g/mol. The van der Waals surface area contributed by atoms with E-state index in [1.165, 1.54) is 11.3 Å². The molecule has 2 N–H and O–H groups in total. The van der Waals surface area contributed by atoms with Gasteiger partial charge in [-0.1, -0.05) is 17.7 Å². The van der Waals surface area contributed by atoms with Crippen molar-refractivity contribution in [2.24, 2.45) is 0 Å². The molecule has 0 aromatic carbocycles. The number of carbonyl (C=O) groups excluding carboxylic acids is 1. The van der Waals surface area contributed by atoms with Gasteiger partial charge in [-0.3, -0.25) is 9.78 Å². The van der Waals surface area contributed by atoms with E-state index in [4.69, 9.17) is 11.6 Å². The predicted molar refractivity (Wildman–Crippen MR) is 79.9 cm³/mol. The Kier molecular flexibility index (Phi) is 5.52. The number of hydrogen-bond acceptors (Lipinski definition) is 4. The highest BCUT2D eigenvalue weighted by Crippen LogP contribution is 2.26. The van der Waals surface area contributed by atoms with Crippen molar-refractivity contribution in [1.29, 1.82) is 0 Å². The van der Waals surface area contributed by atoms with Crippen LogP contribution in [0, 0.1) is 0 Å². The summed E-state index contributed by atoms with van der Waals surface area (Å²) in [6.07, 6.45) is 3.75. The number of rotatable bonds is 6. The van der Waals surface area contributed by atoms with E-state index in [0.717, 1.165) is 10.4 Å². The molecule has 2 aromatic heterocycles. The molecule has 2 rings (SSSR count). The summed E-state index contributed by atoms with van der Waals surface area (Å²) in [5.41, 5.74) is 1.02. The maximum absolute atomic E-state index is 11.7. The number of aliphatic hydroxyl groups excluding tert-OH is 1. The molecule has 0 fully saturated rings. The third-order valence-electron chi connectivity index (χ3n) is 2.78. The van der Waals surface area contributed by atoms with Crippen molar-refractivity contribution in [2.45, 2.75) is 18.9 Å². The van der Waals surface area contributed by atoms with E-state index in [9.17, 15) is 9.90 Å². The zero-order valence-corrected chi connectivity index (χ0v) is 12.3. The molecule has 0 aliphatic heterocycles. The fraction of sp³-hybridized carbons (Fsp3) is 0.286. The van der Waals surface area contributed by atoms with Gasteiger partial charge in [0, 0.05) is 30.2 Å². The molecular weight excluding hydrogens is 296 g/mol. The van der Waals surface area contributed by atoms with Crippen LogP contribution in [0.25, 0.3) is 0 Å². The smallest absolute Gasteiger partial charge is 0.220 e. The standard InChI is InChI=1S/C14H15ClN2O2S/c15-13-5-4-12(20-13)11(18)9-17-14(19)6-3-10-2-1-7-16-8-10/h1-2,4-5,7-8,11,18H,3,6,9H2,(H,17,19)/t11-/m0/s1. The number of pyridine rings is 1. The molecule has 6 heteroatoms. The van der Waals surface area contributed by atoms with E-state index >= 15 is 0 Å². The van der Waals surface area contributed by atoms with E-state index < -0.39 is 6.10 Å². The van der Waals surface area contributed by atoms with E-state index in [2.05, 4.69) is 10.3 Å². The second kappa shape index (κ2) is 7.38. The quantitative estimate of drug-likeness (QED) is 0.862. The van der Waals surface area contributed by atoms with Gasteiger partial charge >= 0.3 is 0 Å². The number of thiophene rings is 1. The fourth-order valence-corrected chi connectivity index (χ4v) is 2.76. The average Bonchev–Trinajstić information content (AvgIpc) is 2.90. The molecule has 106 valence electrons. The number of hydrogen-bond donors (Lipinski definition) is 2. The number of nitrogens with zero attached hydrogens (tertiary/aromatic N) is 1. The van der Waals surface area contributed by atoms with Gasteiger partial charge in [0.25, 0.3) is 0 Å². The molecule has 0 radical (unpaired) electrons. The van der Waals surface area contributed by atoms with E-state index in [0.29, 0.717) is 17.2 Å². The first-order chi connectivity index (χ1) is 9.65. The molecule has 0 bridgehead atoms. The summed E-state index contributed by atoms with van der Waals surface area (Å²) in [6.45, 7) is 0.197. The normalized spacial score (nSPS) is 12.1. The van der Waals surface area contributed by atoms with Gasteiger partial charge in [0.1, 0.15) is 6.10 Å². The zero-order valence-electron chi connectivity index (χ0n) is 10.8. The predicted octanol–water partition coefficient (Wildman–Crippen LogP) is 2.58. The van der Waals surface area contributed by atoms with Crippen molar-refractivity contribution < 1.29 is 9.90 Å². The van der Waals surface area contributed by atoms with Gasteiger partial charge in [0.05, 0.1) is 4.34 Å². The SMILES string of the molecule is O=C(CCc1cccnc1)NC[C@H](O)c1ccc(Cl)s1. The Balaban J connectivity index is 1.72. The molecular formula is C14H15ClN2O2S. The molecule has 0 unspecified atom stereocenters. The van der Waals surface area contributed by atoms with Crippen molar-refractivity contribution in [1.82, 2.24) is 10.3 Å². The van der Waals surface area contributed by atoms with Gasteiger partial charge in [-0.25, -0.2) is 0 Å². The summed E-state index contributed by atoms with van der Waals surface area (Å²) in [6, 6.07) is 7.27. The lowest BCUT2D eigenvalue weighted by Crippen LogP contribution is -2.28. The number of halogens is 1. The zero-order chi connectivity index (χ0) is 14.4. The minimum atomic E-state index is -0.713. The Labute approximate surface area is 126 Å².